The number of hydrogen-bond donors (Lipinski definition) is 1. The lowest BCUT2D eigenvalue weighted by Gasteiger charge is -2.61. The second kappa shape index (κ2) is 12.5. The van der Waals surface area contributed by atoms with E-state index in [1.165, 1.54) is 0 Å². The molecule has 3 aliphatic heterocycles. The molecule has 234 valence electrons. The summed E-state index contributed by atoms with van der Waals surface area (Å²) in [5, 5.41) is 25.8. The first-order chi connectivity index (χ1) is 21.8. The zero-order chi connectivity index (χ0) is 31.7. The van der Waals surface area contributed by atoms with Gasteiger partial charge in [0.2, 0.25) is 0 Å². The van der Waals surface area contributed by atoms with Gasteiger partial charge in [-0.1, -0.05) is 24.3 Å². The van der Waals surface area contributed by atoms with Crippen LogP contribution in [0.5, 0.6) is 17.2 Å². The van der Waals surface area contributed by atoms with Crippen molar-refractivity contribution in [3.05, 3.63) is 112 Å². The predicted octanol–water partition coefficient (Wildman–Crippen LogP) is 6.60. The molecule has 1 N–H and O–H groups in total. The first kappa shape index (κ1) is 30.6. The van der Waals surface area contributed by atoms with Crippen LogP contribution in [0, 0.1) is 22.0 Å². The molecule has 3 aliphatic rings. The van der Waals surface area contributed by atoms with Gasteiger partial charge in [-0.2, -0.15) is 0 Å². The molecule has 9 heteroatoms. The van der Waals surface area contributed by atoms with Gasteiger partial charge in [-0.25, -0.2) is 0 Å². The molecule has 3 fully saturated rings. The summed E-state index contributed by atoms with van der Waals surface area (Å²) in [4.78, 5) is 16.8. The number of pyridine rings is 1. The highest BCUT2D eigenvalue weighted by Gasteiger charge is 2.58. The van der Waals surface area contributed by atoms with Crippen molar-refractivity contribution in [2.24, 2.45) is 11.8 Å². The van der Waals surface area contributed by atoms with Gasteiger partial charge < -0.3 is 23.8 Å². The number of aliphatic hydroxyl groups is 1. The number of aliphatic hydroxyl groups excluding tert-OH is 1. The van der Waals surface area contributed by atoms with E-state index in [9.17, 15) is 15.2 Å². The van der Waals surface area contributed by atoms with Crippen LogP contribution in [-0.4, -0.2) is 60.0 Å². The first-order valence-electron chi connectivity index (χ1n) is 15.4. The van der Waals surface area contributed by atoms with E-state index >= 15 is 0 Å². The fourth-order valence-electron chi connectivity index (χ4n) is 8.03. The smallest absolute Gasteiger partial charge is 0.278 e. The summed E-state index contributed by atoms with van der Waals surface area (Å²) >= 11 is 0. The summed E-state index contributed by atoms with van der Waals surface area (Å²) in [7, 11) is 4.83. The molecule has 6 atom stereocenters. The standard InChI is InChI=1S/C36H40N3O6/c1-5-24-22-39(17-15-25(24)20-33(39)36(40)27-14-16-37-30-12-11-26(43-2)21-29(27)30)32(28-8-6-7-9-31(28)38(41)42)18-23-10-13-34(44-3)35(19-23)45-4/h5-14,16,19,21,24-25,32-33,36,40H,1,15,17-18,20,22H2,2-4H3/q+1/t24-,25-,32?,33+,36-,39?/m0/s1. The lowest BCUT2D eigenvalue weighted by Crippen LogP contribution is -2.69. The van der Waals surface area contributed by atoms with E-state index < -0.39 is 6.10 Å². The van der Waals surface area contributed by atoms with Gasteiger partial charge in [0.25, 0.3) is 5.69 Å². The largest absolute Gasteiger partial charge is 0.497 e. The lowest BCUT2D eigenvalue weighted by atomic mass is 9.69. The zero-order valence-electron chi connectivity index (χ0n) is 26.0. The van der Waals surface area contributed by atoms with E-state index in [2.05, 4.69) is 11.6 Å². The third kappa shape index (κ3) is 5.40. The average molecular weight is 611 g/mol. The Morgan fingerprint density at radius 1 is 1.04 bits per heavy atom. The van der Waals surface area contributed by atoms with Crippen molar-refractivity contribution in [1.82, 2.24) is 4.98 Å². The number of benzene rings is 3. The van der Waals surface area contributed by atoms with Crippen LogP contribution < -0.4 is 14.2 Å². The van der Waals surface area contributed by atoms with Crippen LogP contribution in [0.1, 0.15) is 41.7 Å². The van der Waals surface area contributed by atoms with Gasteiger partial charge in [0.1, 0.15) is 23.9 Å². The van der Waals surface area contributed by atoms with Crippen molar-refractivity contribution in [3.63, 3.8) is 0 Å². The molecule has 4 heterocycles. The van der Waals surface area contributed by atoms with Gasteiger partial charge in [-0.05, 0) is 59.5 Å². The minimum atomic E-state index is -0.841. The maximum atomic E-state index is 12.5. The Morgan fingerprint density at radius 3 is 2.58 bits per heavy atom. The van der Waals surface area contributed by atoms with Crippen LogP contribution in [0.4, 0.5) is 5.69 Å². The molecular weight excluding hydrogens is 570 g/mol. The van der Waals surface area contributed by atoms with Crippen LogP contribution in [0.15, 0.2) is 85.6 Å². The number of ether oxygens (including phenoxy) is 3. The number of hydrogen-bond acceptors (Lipinski definition) is 7. The number of piperidine rings is 3. The summed E-state index contributed by atoms with van der Waals surface area (Å²) in [5.41, 5.74) is 3.29. The van der Waals surface area contributed by atoms with Crippen LogP contribution in [0.3, 0.4) is 0 Å². The molecule has 4 aromatic rings. The van der Waals surface area contributed by atoms with E-state index in [-0.39, 0.29) is 28.6 Å². The van der Waals surface area contributed by atoms with Crippen molar-refractivity contribution in [3.8, 4) is 17.2 Å². The highest BCUT2D eigenvalue weighted by molar-refractivity contribution is 5.84. The number of aromatic nitrogens is 1. The third-order valence-corrected chi connectivity index (χ3v) is 10.2. The molecule has 0 radical (unpaired) electrons. The van der Waals surface area contributed by atoms with E-state index in [4.69, 9.17) is 14.2 Å². The normalized spacial score (nSPS) is 23.7. The highest BCUT2D eigenvalue weighted by Crippen LogP contribution is 2.53. The van der Waals surface area contributed by atoms with Gasteiger partial charge in [0, 0.05) is 42.8 Å². The van der Waals surface area contributed by atoms with Crippen LogP contribution in [0.2, 0.25) is 0 Å². The van der Waals surface area contributed by atoms with Crippen LogP contribution in [-0.2, 0) is 6.42 Å². The SMILES string of the molecule is C=C[C@H]1C[N+]2(C(Cc3ccc(OC)c(OC)c3)c3ccccc3[N+](=O)[O-])CC[C@H]1C[C@@H]2[C@@H](O)c1ccnc2ccc(OC)cc12. The minimum absolute atomic E-state index is 0.0886. The molecule has 45 heavy (non-hydrogen) atoms. The zero-order valence-corrected chi connectivity index (χ0v) is 26.0. The van der Waals surface area contributed by atoms with Gasteiger partial charge >= 0.3 is 0 Å². The fourth-order valence-corrected chi connectivity index (χ4v) is 8.03. The molecule has 7 rings (SSSR count). The third-order valence-electron chi connectivity index (χ3n) is 10.2. The maximum absolute atomic E-state index is 12.5. The van der Waals surface area contributed by atoms with Gasteiger partial charge in [0.05, 0.1) is 50.4 Å². The number of nitro benzene ring substituents is 1. The molecule has 3 aromatic carbocycles. The van der Waals surface area contributed by atoms with Crippen molar-refractivity contribution >= 4 is 16.6 Å². The summed E-state index contributed by atoms with van der Waals surface area (Å²) in [6.45, 7) is 5.71. The molecule has 1 aromatic heterocycles. The Morgan fingerprint density at radius 2 is 1.84 bits per heavy atom. The Labute approximate surface area is 263 Å². The quantitative estimate of drug-likeness (QED) is 0.0884. The molecule has 0 saturated carbocycles. The van der Waals surface area contributed by atoms with Crippen LogP contribution in [0.25, 0.3) is 10.9 Å². The van der Waals surface area contributed by atoms with Gasteiger partial charge in [0.15, 0.2) is 11.5 Å². The van der Waals surface area contributed by atoms with Crippen LogP contribution >= 0.6 is 0 Å². The number of methoxy groups -OCH3 is 3. The second-order valence-electron chi connectivity index (χ2n) is 12.2. The Balaban J connectivity index is 1.54. The molecule has 9 nitrogen and oxygen atoms in total. The van der Waals surface area contributed by atoms with Gasteiger partial charge in [-0.3, -0.25) is 15.1 Å². The van der Waals surface area contributed by atoms with Crippen molar-refractivity contribution in [2.45, 2.75) is 37.5 Å². The number of para-hydroxylation sites is 1. The molecule has 0 amide bonds. The average Bonchev–Trinajstić information content (AvgIpc) is 3.09. The summed E-state index contributed by atoms with van der Waals surface area (Å²) in [5.74, 6) is 2.52. The topological polar surface area (TPSA) is 104 Å². The molecular formula is C36H40N3O6+. The number of nitrogens with zero attached hydrogens (tertiary/aromatic N) is 3. The fraction of sp³-hybridized carbons (Fsp3) is 0.361. The Kier molecular flexibility index (Phi) is 8.48. The monoisotopic (exact) mass is 610 g/mol. The number of fused-ring (bicyclic) bond motifs is 4. The predicted molar refractivity (Wildman–Crippen MR) is 173 cm³/mol. The Bertz CT molecular complexity index is 1730. The highest BCUT2D eigenvalue weighted by atomic mass is 16.6. The summed E-state index contributed by atoms with van der Waals surface area (Å²) in [6, 6.07) is 19.9. The molecule has 0 aliphatic carbocycles. The Hall–Kier alpha value is -4.47. The molecule has 0 spiro atoms. The van der Waals surface area contributed by atoms with Gasteiger partial charge in [-0.15, -0.1) is 6.58 Å². The second-order valence-corrected chi connectivity index (χ2v) is 12.2. The minimum Gasteiger partial charge on any atom is -0.497 e. The lowest BCUT2D eigenvalue weighted by molar-refractivity contribution is -0.999. The summed E-state index contributed by atoms with van der Waals surface area (Å²) in [6.07, 6.45) is 5.17. The van der Waals surface area contributed by atoms with E-state index in [1.54, 1.807) is 39.7 Å². The summed E-state index contributed by atoms with van der Waals surface area (Å²) < 4.78 is 17.2. The molecule has 2 bridgehead atoms. The number of quaternary nitrogens is 1. The maximum Gasteiger partial charge on any atom is 0.278 e. The molecule has 2 unspecified atom stereocenters. The van der Waals surface area contributed by atoms with Crippen molar-refractivity contribution in [1.29, 1.82) is 0 Å². The van der Waals surface area contributed by atoms with E-state index in [0.717, 1.165) is 48.0 Å². The number of nitro groups is 1. The van der Waals surface area contributed by atoms with E-state index in [1.807, 2.05) is 60.7 Å². The first-order valence-corrected chi connectivity index (χ1v) is 15.4. The van der Waals surface area contributed by atoms with Crippen molar-refractivity contribution < 1.29 is 28.7 Å². The van der Waals surface area contributed by atoms with E-state index in [0.29, 0.717) is 39.6 Å². The molecule has 3 saturated heterocycles. The van der Waals surface area contributed by atoms with Crippen molar-refractivity contribution in [2.75, 3.05) is 34.4 Å². The number of rotatable bonds is 11.